The summed E-state index contributed by atoms with van der Waals surface area (Å²) in [6.07, 6.45) is 2.56. The topological polar surface area (TPSA) is 72.5 Å². The lowest BCUT2D eigenvalue weighted by atomic mass is 10.00. The summed E-state index contributed by atoms with van der Waals surface area (Å²) in [6, 6.07) is 1.98. The van der Waals surface area contributed by atoms with Gasteiger partial charge >= 0.3 is 5.97 Å². The number of rotatable bonds is 4. The molecule has 0 unspecified atom stereocenters. The zero-order chi connectivity index (χ0) is 17.4. The van der Waals surface area contributed by atoms with E-state index in [1.807, 2.05) is 19.9 Å². The number of hydrogen-bond donors (Lipinski definition) is 1. The van der Waals surface area contributed by atoms with Crippen LogP contribution < -0.4 is 4.72 Å². The van der Waals surface area contributed by atoms with E-state index in [2.05, 4.69) is 4.72 Å². The number of benzene rings is 1. The van der Waals surface area contributed by atoms with E-state index < -0.39 is 21.5 Å². The van der Waals surface area contributed by atoms with Gasteiger partial charge in [-0.2, -0.15) is 4.72 Å². The van der Waals surface area contributed by atoms with Crippen molar-refractivity contribution in [2.75, 3.05) is 7.11 Å². The number of esters is 1. The van der Waals surface area contributed by atoms with Gasteiger partial charge in [0.05, 0.1) is 12.0 Å². The molecular weight excluding hydrogens is 314 g/mol. The summed E-state index contributed by atoms with van der Waals surface area (Å²) < 4.78 is 33.6. The van der Waals surface area contributed by atoms with Crippen LogP contribution in [-0.2, 0) is 19.6 Å². The average Bonchev–Trinajstić information content (AvgIpc) is 2.93. The number of aryl methyl sites for hydroxylation is 2. The van der Waals surface area contributed by atoms with Crippen LogP contribution in [0.3, 0.4) is 0 Å². The molecule has 0 saturated heterocycles. The molecule has 0 heterocycles. The Bertz CT molecular complexity index is 705. The first kappa shape index (κ1) is 17.9. The quantitative estimate of drug-likeness (QED) is 0.856. The smallest absolute Gasteiger partial charge is 0.327 e. The second-order valence-electron chi connectivity index (χ2n) is 6.48. The van der Waals surface area contributed by atoms with Crippen LogP contribution in [0.5, 0.6) is 0 Å². The van der Waals surface area contributed by atoms with E-state index in [-0.39, 0.29) is 4.90 Å². The molecule has 0 radical (unpaired) electrons. The molecule has 128 valence electrons. The van der Waals surface area contributed by atoms with E-state index >= 15 is 0 Å². The molecule has 0 atom stereocenters. The van der Waals surface area contributed by atoms with Crippen LogP contribution in [0.25, 0.3) is 0 Å². The Morgan fingerprint density at radius 1 is 1.09 bits per heavy atom. The van der Waals surface area contributed by atoms with Gasteiger partial charge in [0, 0.05) is 0 Å². The highest BCUT2D eigenvalue weighted by Crippen LogP contribution is 2.34. The van der Waals surface area contributed by atoms with Crippen molar-refractivity contribution in [2.45, 2.75) is 63.8 Å². The van der Waals surface area contributed by atoms with Gasteiger partial charge in [-0.15, -0.1) is 0 Å². The minimum atomic E-state index is -3.81. The number of sulfonamides is 1. The zero-order valence-electron chi connectivity index (χ0n) is 14.4. The lowest BCUT2D eigenvalue weighted by molar-refractivity contribution is -0.147. The molecule has 1 aromatic carbocycles. The van der Waals surface area contributed by atoms with Crippen molar-refractivity contribution in [1.29, 1.82) is 0 Å². The van der Waals surface area contributed by atoms with Crippen molar-refractivity contribution in [2.24, 2.45) is 0 Å². The van der Waals surface area contributed by atoms with Crippen molar-refractivity contribution in [3.8, 4) is 0 Å². The Hall–Kier alpha value is -1.40. The highest BCUT2D eigenvalue weighted by molar-refractivity contribution is 7.89. The first-order valence-corrected chi connectivity index (χ1v) is 9.33. The number of nitrogens with one attached hydrogen (secondary N) is 1. The molecule has 1 fully saturated rings. The molecule has 0 aromatic heterocycles. The number of carbonyl (C=O) groups excluding carboxylic acids is 1. The first-order valence-electron chi connectivity index (χ1n) is 7.84. The van der Waals surface area contributed by atoms with Crippen molar-refractivity contribution < 1.29 is 17.9 Å². The van der Waals surface area contributed by atoms with E-state index in [1.54, 1.807) is 13.8 Å². The minimum absolute atomic E-state index is 0.283. The summed E-state index contributed by atoms with van der Waals surface area (Å²) >= 11 is 0. The maximum absolute atomic E-state index is 13.0. The van der Waals surface area contributed by atoms with Gasteiger partial charge in [0.25, 0.3) is 0 Å². The van der Waals surface area contributed by atoms with Crippen LogP contribution >= 0.6 is 0 Å². The number of carbonyl (C=O) groups is 1. The van der Waals surface area contributed by atoms with Gasteiger partial charge in [0.2, 0.25) is 10.0 Å². The SMILES string of the molecule is COC(=O)C1(NS(=O)(=O)c2c(C)c(C)cc(C)c2C)CCCC1. The van der Waals surface area contributed by atoms with Gasteiger partial charge < -0.3 is 4.74 Å². The molecule has 1 N–H and O–H groups in total. The Morgan fingerprint density at radius 2 is 1.57 bits per heavy atom. The van der Waals surface area contributed by atoms with E-state index in [0.717, 1.165) is 35.1 Å². The second kappa shape index (κ2) is 6.24. The van der Waals surface area contributed by atoms with Crippen molar-refractivity contribution in [3.05, 3.63) is 28.3 Å². The highest BCUT2D eigenvalue weighted by Gasteiger charge is 2.46. The average molecular weight is 339 g/mol. The number of hydrogen-bond acceptors (Lipinski definition) is 4. The molecule has 23 heavy (non-hydrogen) atoms. The van der Waals surface area contributed by atoms with Crippen molar-refractivity contribution in [3.63, 3.8) is 0 Å². The Balaban J connectivity index is 2.53. The van der Waals surface area contributed by atoms with E-state index in [4.69, 9.17) is 4.74 Å². The molecule has 0 bridgehead atoms. The fraction of sp³-hybridized carbons (Fsp3) is 0.588. The summed E-state index contributed by atoms with van der Waals surface area (Å²) in [5.74, 6) is -0.502. The molecule has 0 amide bonds. The summed E-state index contributed by atoms with van der Waals surface area (Å²) in [5, 5.41) is 0. The molecule has 1 aromatic rings. The fourth-order valence-corrected chi connectivity index (χ4v) is 5.45. The summed E-state index contributed by atoms with van der Waals surface area (Å²) in [5.41, 5.74) is 2.15. The second-order valence-corrected chi connectivity index (χ2v) is 8.10. The minimum Gasteiger partial charge on any atom is -0.468 e. The Kier molecular flexibility index (Phi) is 4.87. The van der Waals surface area contributed by atoms with Crippen molar-refractivity contribution in [1.82, 2.24) is 4.72 Å². The van der Waals surface area contributed by atoms with Gasteiger partial charge in [0.1, 0.15) is 5.54 Å². The molecule has 0 spiro atoms. The van der Waals surface area contributed by atoms with Crippen LogP contribution in [0.1, 0.15) is 47.9 Å². The van der Waals surface area contributed by atoms with Gasteiger partial charge in [-0.05, 0) is 62.8 Å². The Morgan fingerprint density at radius 3 is 2.00 bits per heavy atom. The van der Waals surface area contributed by atoms with Crippen LogP contribution in [-0.4, -0.2) is 27.0 Å². The largest absolute Gasteiger partial charge is 0.468 e. The molecule has 1 aliphatic carbocycles. The highest BCUT2D eigenvalue weighted by atomic mass is 32.2. The summed E-state index contributed by atoms with van der Waals surface area (Å²) in [7, 11) is -2.52. The zero-order valence-corrected chi connectivity index (χ0v) is 15.3. The molecule has 5 nitrogen and oxygen atoms in total. The molecule has 1 aliphatic rings. The van der Waals surface area contributed by atoms with Gasteiger partial charge in [-0.1, -0.05) is 18.9 Å². The fourth-order valence-electron chi connectivity index (χ4n) is 3.41. The normalized spacial score (nSPS) is 17.3. The number of methoxy groups -OCH3 is 1. The predicted molar refractivity (Wildman–Crippen MR) is 88.9 cm³/mol. The molecule has 2 rings (SSSR count). The van der Waals surface area contributed by atoms with Gasteiger partial charge in [-0.25, -0.2) is 8.42 Å². The maximum atomic E-state index is 13.0. The van der Waals surface area contributed by atoms with Crippen LogP contribution in [0.2, 0.25) is 0 Å². The summed E-state index contributed by atoms with van der Waals surface area (Å²) in [4.78, 5) is 12.5. The summed E-state index contributed by atoms with van der Waals surface area (Å²) in [6.45, 7) is 7.39. The third kappa shape index (κ3) is 3.15. The lowest BCUT2D eigenvalue weighted by Crippen LogP contribution is -2.53. The standard InChI is InChI=1S/C17H25NO4S/c1-11-10-12(2)14(4)15(13(11)3)23(20,21)18-17(16(19)22-5)8-6-7-9-17/h10,18H,6-9H2,1-5H3. The third-order valence-electron chi connectivity index (χ3n) is 4.93. The van der Waals surface area contributed by atoms with E-state index in [9.17, 15) is 13.2 Å². The van der Waals surface area contributed by atoms with Gasteiger partial charge in [0.15, 0.2) is 0 Å². The Labute approximate surface area is 138 Å². The van der Waals surface area contributed by atoms with E-state index in [1.165, 1.54) is 7.11 Å². The third-order valence-corrected chi connectivity index (χ3v) is 6.74. The van der Waals surface area contributed by atoms with Crippen molar-refractivity contribution >= 4 is 16.0 Å². The lowest BCUT2D eigenvalue weighted by Gasteiger charge is -2.28. The van der Waals surface area contributed by atoms with Crippen LogP contribution in [0.4, 0.5) is 0 Å². The van der Waals surface area contributed by atoms with Gasteiger partial charge in [-0.3, -0.25) is 4.79 Å². The number of ether oxygens (including phenoxy) is 1. The molecule has 6 heteroatoms. The van der Waals surface area contributed by atoms with Crippen LogP contribution in [0.15, 0.2) is 11.0 Å². The molecular formula is C17H25NO4S. The predicted octanol–water partition coefficient (Wildman–Crippen LogP) is 2.68. The molecule has 1 saturated carbocycles. The van der Waals surface area contributed by atoms with Crippen LogP contribution in [0, 0.1) is 27.7 Å². The monoisotopic (exact) mass is 339 g/mol. The molecule has 0 aliphatic heterocycles. The maximum Gasteiger partial charge on any atom is 0.327 e. The van der Waals surface area contributed by atoms with E-state index in [0.29, 0.717) is 12.8 Å². The first-order chi connectivity index (χ1) is 10.6.